The van der Waals surface area contributed by atoms with E-state index in [4.69, 9.17) is 37.0 Å². The molecule has 7 atom stereocenters. The molecule has 0 saturated heterocycles. The molecule has 0 amide bonds. The molecule has 0 spiro atoms. The van der Waals surface area contributed by atoms with Gasteiger partial charge in [0.15, 0.2) is 12.2 Å². The number of hydrogen-bond acceptors (Lipinski definition) is 15. The fourth-order valence-corrected chi connectivity index (χ4v) is 11.9. The summed E-state index contributed by atoms with van der Waals surface area (Å²) >= 11 is 0. The lowest BCUT2D eigenvalue weighted by Crippen LogP contribution is -2.30. The van der Waals surface area contributed by atoms with E-state index in [0.29, 0.717) is 25.7 Å². The van der Waals surface area contributed by atoms with Crippen molar-refractivity contribution in [3.8, 4) is 0 Å². The van der Waals surface area contributed by atoms with Gasteiger partial charge in [0, 0.05) is 25.7 Å². The predicted octanol–water partition coefficient (Wildman–Crippen LogP) is 19.6. The van der Waals surface area contributed by atoms with Crippen molar-refractivity contribution in [3.63, 3.8) is 0 Å². The Hall–Kier alpha value is -1.94. The van der Waals surface area contributed by atoms with Crippen LogP contribution in [0.15, 0.2) is 0 Å². The van der Waals surface area contributed by atoms with Gasteiger partial charge in [0.25, 0.3) is 0 Å². The van der Waals surface area contributed by atoms with Crippen LogP contribution < -0.4 is 0 Å². The van der Waals surface area contributed by atoms with Crippen LogP contribution in [0.5, 0.6) is 0 Å². The molecule has 17 nitrogen and oxygen atoms in total. The third kappa shape index (κ3) is 60.3. The van der Waals surface area contributed by atoms with Crippen LogP contribution in [0.3, 0.4) is 0 Å². The first-order valence-electron chi connectivity index (χ1n) is 36.1. The van der Waals surface area contributed by atoms with Gasteiger partial charge in [-0.3, -0.25) is 37.3 Å². The van der Waals surface area contributed by atoms with Crippen LogP contribution in [0.1, 0.15) is 350 Å². The van der Waals surface area contributed by atoms with Crippen molar-refractivity contribution in [2.45, 2.75) is 368 Å². The van der Waals surface area contributed by atoms with Crippen LogP contribution >= 0.6 is 15.6 Å². The Bertz CT molecular complexity index is 1720. The maximum atomic E-state index is 13.0. The molecule has 522 valence electrons. The Morgan fingerprint density at radius 3 is 0.807 bits per heavy atom. The van der Waals surface area contributed by atoms with Crippen LogP contribution in [0.4, 0.5) is 0 Å². The van der Waals surface area contributed by atoms with Crippen LogP contribution in [0, 0.1) is 11.8 Å². The summed E-state index contributed by atoms with van der Waals surface area (Å²) < 4.78 is 68.2. The van der Waals surface area contributed by atoms with Crippen molar-refractivity contribution < 1.29 is 80.2 Å². The van der Waals surface area contributed by atoms with E-state index in [1.165, 1.54) is 161 Å². The van der Waals surface area contributed by atoms with Gasteiger partial charge in [-0.2, -0.15) is 0 Å². The van der Waals surface area contributed by atoms with Gasteiger partial charge in [0.2, 0.25) is 0 Å². The third-order valence-corrected chi connectivity index (χ3v) is 18.6. The SMILES string of the molecule is CCCCCCCCCCCCCCC(=O)OC[C@H](COP(=O)(O)OC[C@@H](O)COP(=O)(O)OC[C@@H](COC(=O)CCCCCCCCC(C)CC)OC(=O)CCCCCCCCCCCCCC)OC(=O)CCCCCCCCCCCCC(C)CC. The Kier molecular flexibility index (Phi) is 59.9. The van der Waals surface area contributed by atoms with Gasteiger partial charge in [0.05, 0.1) is 26.4 Å². The topological polar surface area (TPSA) is 237 Å². The number of phosphoric acid groups is 2. The van der Waals surface area contributed by atoms with Gasteiger partial charge < -0.3 is 33.8 Å². The van der Waals surface area contributed by atoms with E-state index in [-0.39, 0.29) is 25.7 Å². The van der Waals surface area contributed by atoms with Gasteiger partial charge in [0.1, 0.15) is 19.3 Å². The minimum atomic E-state index is -4.95. The van der Waals surface area contributed by atoms with Crippen molar-refractivity contribution in [1.82, 2.24) is 0 Å². The minimum absolute atomic E-state index is 0.106. The molecule has 3 N–H and O–H groups in total. The summed E-state index contributed by atoms with van der Waals surface area (Å²) in [6.07, 6.45) is 45.6. The number of hydrogen-bond donors (Lipinski definition) is 3. The highest BCUT2D eigenvalue weighted by molar-refractivity contribution is 7.47. The maximum Gasteiger partial charge on any atom is 0.472 e. The Morgan fingerprint density at radius 2 is 0.545 bits per heavy atom. The molecule has 88 heavy (non-hydrogen) atoms. The van der Waals surface area contributed by atoms with E-state index in [2.05, 4.69) is 41.5 Å². The zero-order chi connectivity index (χ0) is 65.0. The lowest BCUT2D eigenvalue weighted by atomic mass is 9.99. The second-order valence-electron chi connectivity index (χ2n) is 25.4. The summed E-state index contributed by atoms with van der Waals surface area (Å²) in [4.78, 5) is 72.5. The second kappa shape index (κ2) is 61.3. The zero-order valence-corrected chi connectivity index (χ0v) is 58.8. The highest BCUT2D eigenvalue weighted by atomic mass is 31.2. The van der Waals surface area contributed by atoms with Gasteiger partial charge in [-0.25, -0.2) is 9.13 Å². The number of esters is 4. The molecular weight excluding hydrogens is 1160 g/mol. The highest BCUT2D eigenvalue weighted by Gasteiger charge is 2.30. The number of phosphoric ester groups is 2. The van der Waals surface area contributed by atoms with Crippen LogP contribution in [0.2, 0.25) is 0 Å². The van der Waals surface area contributed by atoms with E-state index >= 15 is 0 Å². The van der Waals surface area contributed by atoms with Gasteiger partial charge >= 0.3 is 39.5 Å². The molecule has 4 unspecified atom stereocenters. The van der Waals surface area contributed by atoms with Gasteiger partial charge in [-0.15, -0.1) is 0 Å². The highest BCUT2D eigenvalue weighted by Crippen LogP contribution is 2.45. The molecule has 0 radical (unpaired) electrons. The number of rotatable bonds is 68. The Labute approximate surface area is 537 Å². The van der Waals surface area contributed by atoms with E-state index in [1.807, 2.05) is 0 Å². The lowest BCUT2D eigenvalue weighted by Gasteiger charge is -2.21. The molecule has 19 heteroatoms. The van der Waals surface area contributed by atoms with E-state index in [0.717, 1.165) is 108 Å². The van der Waals surface area contributed by atoms with Crippen LogP contribution in [0.25, 0.3) is 0 Å². The summed E-state index contributed by atoms with van der Waals surface area (Å²) in [5.74, 6) is -0.591. The zero-order valence-electron chi connectivity index (χ0n) is 57.0. The Morgan fingerprint density at radius 1 is 0.318 bits per heavy atom. The number of ether oxygens (including phenoxy) is 4. The molecule has 0 heterocycles. The average Bonchev–Trinajstić information content (AvgIpc) is 3.71. The fraction of sp³-hybridized carbons (Fsp3) is 0.942. The summed E-state index contributed by atoms with van der Waals surface area (Å²) in [6, 6.07) is 0. The van der Waals surface area contributed by atoms with E-state index in [9.17, 15) is 43.2 Å². The molecule has 0 aliphatic carbocycles. The second-order valence-corrected chi connectivity index (χ2v) is 28.3. The lowest BCUT2D eigenvalue weighted by molar-refractivity contribution is -0.161. The smallest absolute Gasteiger partial charge is 0.462 e. The molecule has 0 aromatic heterocycles. The third-order valence-electron chi connectivity index (χ3n) is 16.7. The first-order chi connectivity index (χ1) is 42.4. The monoisotopic (exact) mass is 1300 g/mol. The molecular formula is C69H134O17P2. The van der Waals surface area contributed by atoms with Crippen LogP contribution in [-0.4, -0.2) is 96.7 Å². The van der Waals surface area contributed by atoms with E-state index < -0.39 is 97.5 Å². The van der Waals surface area contributed by atoms with Gasteiger partial charge in [-0.05, 0) is 37.5 Å². The van der Waals surface area contributed by atoms with Crippen molar-refractivity contribution in [2.75, 3.05) is 39.6 Å². The molecule has 0 aromatic carbocycles. The number of unbranched alkanes of at least 4 members (excludes halogenated alkanes) is 36. The largest absolute Gasteiger partial charge is 0.472 e. The summed E-state index contributed by atoms with van der Waals surface area (Å²) in [6.45, 7) is 9.53. The minimum Gasteiger partial charge on any atom is -0.462 e. The van der Waals surface area contributed by atoms with Crippen molar-refractivity contribution in [1.29, 1.82) is 0 Å². The van der Waals surface area contributed by atoms with E-state index in [1.54, 1.807) is 0 Å². The number of carbonyl (C=O) groups excluding carboxylic acids is 4. The molecule has 0 aliphatic rings. The summed E-state index contributed by atoms with van der Waals surface area (Å²) in [5, 5.41) is 10.6. The standard InChI is InChI=1S/C69H134O17P2/c1-7-11-13-15-17-19-21-23-28-32-39-45-51-66(71)79-57-64(85-69(74)54-48-42-34-30-26-25-27-31-37-43-49-61(5)9-3)59-83-87(75,76)81-55-63(70)56-82-88(77,78)84-60-65(58-80-67(72)52-46-40-36-35-38-44-50-62(6)10-4)86-68(73)53-47-41-33-29-24-22-20-18-16-14-12-8-2/h61-65,70H,7-60H2,1-6H3,(H,75,76)(H,77,78)/t61?,62?,63-,64-,65-/m1/s1. The average molecular weight is 1300 g/mol. The predicted molar refractivity (Wildman–Crippen MR) is 354 cm³/mol. The quantitative estimate of drug-likeness (QED) is 0.0222. The van der Waals surface area contributed by atoms with Gasteiger partial charge in [-0.1, -0.05) is 298 Å². The molecule has 0 rings (SSSR count). The number of aliphatic hydroxyl groups excluding tert-OH is 1. The van der Waals surface area contributed by atoms with Crippen molar-refractivity contribution in [2.24, 2.45) is 11.8 Å². The maximum absolute atomic E-state index is 13.0. The number of carbonyl (C=O) groups is 4. The summed E-state index contributed by atoms with van der Waals surface area (Å²) in [5.41, 5.74) is 0. The Balaban J connectivity index is 5.26. The number of aliphatic hydroxyl groups is 1. The normalized spacial score (nSPS) is 14.8. The first-order valence-corrected chi connectivity index (χ1v) is 39.1. The van der Waals surface area contributed by atoms with Crippen molar-refractivity contribution >= 4 is 39.5 Å². The molecule has 0 fully saturated rings. The molecule has 0 saturated carbocycles. The fourth-order valence-electron chi connectivity index (χ4n) is 10.4. The summed E-state index contributed by atoms with van der Waals surface area (Å²) in [7, 11) is -9.90. The van der Waals surface area contributed by atoms with Crippen LogP contribution in [-0.2, 0) is 65.4 Å². The molecule has 0 aromatic rings. The van der Waals surface area contributed by atoms with Crippen molar-refractivity contribution in [3.05, 3.63) is 0 Å². The molecule has 0 aliphatic heterocycles. The molecule has 0 bridgehead atoms. The first kappa shape index (κ1) is 86.1.